The van der Waals surface area contributed by atoms with E-state index in [2.05, 4.69) is 5.16 Å². The van der Waals surface area contributed by atoms with E-state index in [0.717, 1.165) is 11.5 Å². The van der Waals surface area contributed by atoms with Crippen molar-refractivity contribution in [3.05, 3.63) is 0 Å². The van der Waals surface area contributed by atoms with E-state index in [1.54, 1.807) is 11.8 Å². The molecule has 3 unspecified atom stereocenters. The van der Waals surface area contributed by atoms with Crippen LogP contribution in [-0.2, 0) is 0 Å². The molecule has 0 aliphatic heterocycles. The van der Waals surface area contributed by atoms with Crippen molar-refractivity contribution < 1.29 is 10.3 Å². The number of rotatable bonds is 3. The molecule has 2 aliphatic rings. The SMILES string of the molecule is OCCSC1/C(=N\O)C2CCC1C2. The molecule has 2 rings (SSSR count). The van der Waals surface area contributed by atoms with Gasteiger partial charge in [-0.05, 0) is 25.2 Å². The van der Waals surface area contributed by atoms with Crippen LogP contribution in [0.4, 0.5) is 0 Å². The Morgan fingerprint density at radius 2 is 2.31 bits per heavy atom. The molecule has 13 heavy (non-hydrogen) atoms. The third kappa shape index (κ3) is 1.57. The van der Waals surface area contributed by atoms with Crippen molar-refractivity contribution in [2.45, 2.75) is 24.5 Å². The minimum absolute atomic E-state index is 0.220. The molecule has 2 N–H and O–H groups in total. The third-order valence-corrected chi connectivity index (χ3v) is 4.52. The van der Waals surface area contributed by atoms with E-state index in [9.17, 15) is 0 Å². The molecule has 0 aromatic rings. The van der Waals surface area contributed by atoms with Crippen molar-refractivity contribution in [2.24, 2.45) is 17.0 Å². The highest BCUT2D eigenvalue weighted by atomic mass is 32.2. The molecule has 0 saturated heterocycles. The zero-order valence-corrected chi connectivity index (χ0v) is 8.33. The molecule has 3 atom stereocenters. The van der Waals surface area contributed by atoms with Gasteiger partial charge in [-0.1, -0.05) is 5.16 Å². The first-order chi connectivity index (χ1) is 6.36. The number of hydrogen-bond donors (Lipinski definition) is 2. The van der Waals surface area contributed by atoms with Crippen LogP contribution in [0.1, 0.15) is 19.3 Å². The van der Waals surface area contributed by atoms with Crippen LogP contribution in [0.2, 0.25) is 0 Å². The number of aliphatic hydroxyl groups excluding tert-OH is 1. The summed E-state index contributed by atoms with van der Waals surface area (Å²) in [4.78, 5) is 0. The highest BCUT2D eigenvalue weighted by molar-refractivity contribution is 8.00. The van der Waals surface area contributed by atoms with E-state index >= 15 is 0 Å². The Morgan fingerprint density at radius 1 is 1.46 bits per heavy atom. The fourth-order valence-corrected chi connectivity index (χ4v) is 3.86. The van der Waals surface area contributed by atoms with Gasteiger partial charge in [-0.2, -0.15) is 0 Å². The molecule has 2 fully saturated rings. The molecule has 2 aliphatic carbocycles. The number of thioether (sulfide) groups is 1. The van der Waals surface area contributed by atoms with Gasteiger partial charge < -0.3 is 10.3 Å². The van der Waals surface area contributed by atoms with E-state index in [0.29, 0.717) is 17.1 Å². The van der Waals surface area contributed by atoms with Crippen molar-refractivity contribution in [1.82, 2.24) is 0 Å². The van der Waals surface area contributed by atoms with Gasteiger partial charge in [0.25, 0.3) is 0 Å². The van der Waals surface area contributed by atoms with Gasteiger partial charge in [0.15, 0.2) is 0 Å². The summed E-state index contributed by atoms with van der Waals surface area (Å²) >= 11 is 1.74. The van der Waals surface area contributed by atoms with Gasteiger partial charge in [0.1, 0.15) is 0 Å². The molecule has 0 radical (unpaired) electrons. The molecule has 0 aromatic carbocycles. The van der Waals surface area contributed by atoms with Crippen LogP contribution < -0.4 is 0 Å². The van der Waals surface area contributed by atoms with Crippen LogP contribution in [0.5, 0.6) is 0 Å². The first-order valence-corrected chi connectivity index (χ1v) is 5.86. The standard InChI is InChI=1S/C9H15NO2S/c11-3-4-13-9-7-2-1-6(5-7)8(9)10-12/h6-7,9,11-12H,1-5H2/b10-8-. The Kier molecular flexibility index (Phi) is 2.79. The number of hydrogen-bond acceptors (Lipinski definition) is 4. The maximum absolute atomic E-state index is 8.87. The molecule has 0 heterocycles. The predicted molar refractivity (Wildman–Crippen MR) is 53.4 cm³/mol. The molecular formula is C9H15NO2S. The van der Waals surface area contributed by atoms with Crippen LogP contribution in [0.3, 0.4) is 0 Å². The normalized spacial score (nSPS) is 40.4. The van der Waals surface area contributed by atoms with Crippen LogP contribution in [0.15, 0.2) is 5.16 Å². The number of oxime groups is 1. The molecule has 4 heteroatoms. The Bertz CT molecular complexity index is 220. The van der Waals surface area contributed by atoms with Crippen molar-refractivity contribution in [2.75, 3.05) is 12.4 Å². The molecule has 0 amide bonds. The van der Waals surface area contributed by atoms with Gasteiger partial charge in [0, 0.05) is 16.9 Å². The lowest BCUT2D eigenvalue weighted by Gasteiger charge is -2.21. The Morgan fingerprint density at radius 3 is 3.00 bits per heavy atom. The second kappa shape index (κ2) is 3.88. The highest BCUT2D eigenvalue weighted by Gasteiger charge is 2.45. The van der Waals surface area contributed by atoms with Gasteiger partial charge in [-0.15, -0.1) is 11.8 Å². The maximum atomic E-state index is 8.87. The Balaban J connectivity index is 2.01. The molecule has 2 bridgehead atoms. The lowest BCUT2D eigenvalue weighted by Crippen LogP contribution is -2.25. The van der Waals surface area contributed by atoms with Crippen LogP contribution in [0, 0.1) is 11.8 Å². The Hall–Kier alpha value is -0.220. The van der Waals surface area contributed by atoms with Gasteiger partial charge in [0.2, 0.25) is 0 Å². The second-order valence-electron chi connectivity index (χ2n) is 3.81. The molecule has 0 aromatic heterocycles. The number of nitrogens with zero attached hydrogens (tertiary/aromatic N) is 1. The quantitative estimate of drug-likeness (QED) is 0.535. The first kappa shape index (κ1) is 9.34. The average Bonchev–Trinajstić information content (AvgIpc) is 2.73. The van der Waals surface area contributed by atoms with E-state index in [4.69, 9.17) is 10.3 Å². The number of aliphatic hydroxyl groups is 1. The van der Waals surface area contributed by atoms with Crippen molar-refractivity contribution in [3.8, 4) is 0 Å². The minimum Gasteiger partial charge on any atom is -0.411 e. The van der Waals surface area contributed by atoms with Gasteiger partial charge in [-0.25, -0.2) is 0 Å². The maximum Gasteiger partial charge on any atom is 0.0734 e. The van der Waals surface area contributed by atoms with Crippen LogP contribution in [-0.4, -0.2) is 33.6 Å². The Labute approximate surface area is 82.2 Å². The van der Waals surface area contributed by atoms with Gasteiger partial charge in [0.05, 0.1) is 12.3 Å². The lowest BCUT2D eigenvalue weighted by atomic mass is 9.98. The molecule has 2 saturated carbocycles. The summed E-state index contributed by atoms with van der Waals surface area (Å²) in [6, 6.07) is 0. The largest absolute Gasteiger partial charge is 0.411 e. The van der Waals surface area contributed by atoms with Gasteiger partial charge in [-0.3, -0.25) is 0 Å². The highest BCUT2D eigenvalue weighted by Crippen LogP contribution is 2.47. The summed E-state index contributed by atoms with van der Waals surface area (Å²) in [7, 11) is 0. The van der Waals surface area contributed by atoms with Crippen molar-refractivity contribution in [3.63, 3.8) is 0 Å². The molecule has 3 nitrogen and oxygen atoms in total. The van der Waals surface area contributed by atoms with Crippen LogP contribution >= 0.6 is 11.8 Å². The minimum atomic E-state index is 0.220. The molecule has 0 spiro atoms. The summed E-state index contributed by atoms with van der Waals surface area (Å²) in [6.07, 6.45) is 3.66. The van der Waals surface area contributed by atoms with E-state index in [1.807, 2.05) is 0 Å². The monoisotopic (exact) mass is 201 g/mol. The lowest BCUT2D eigenvalue weighted by molar-refractivity contribution is 0.313. The fourth-order valence-electron chi connectivity index (χ4n) is 2.57. The van der Waals surface area contributed by atoms with Crippen LogP contribution in [0.25, 0.3) is 0 Å². The fraction of sp³-hybridized carbons (Fsp3) is 0.889. The zero-order valence-electron chi connectivity index (χ0n) is 7.52. The smallest absolute Gasteiger partial charge is 0.0734 e. The van der Waals surface area contributed by atoms with E-state index in [1.165, 1.54) is 19.3 Å². The second-order valence-corrected chi connectivity index (χ2v) is 5.06. The number of fused-ring (bicyclic) bond motifs is 2. The summed E-state index contributed by atoms with van der Waals surface area (Å²) in [5, 5.41) is 21.4. The summed E-state index contributed by atoms with van der Waals surface area (Å²) in [5.74, 6) is 1.99. The third-order valence-electron chi connectivity index (χ3n) is 3.12. The molecule has 74 valence electrons. The molecular weight excluding hydrogens is 186 g/mol. The summed E-state index contributed by atoms with van der Waals surface area (Å²) in [5.41, 5.74) is 0.981. The van der Waals surface area contributed by atoms with E-state index in [-0.39, 0.29) is 6.61 Å². The average molecular weight is 201 g/mol. The van der Waals surface area contributed by atoms with Crippen molar-refractivity contribution in [1.29, 1.82) is 0 Å². The first-order valence-electron chi connectivity index (χ1n) is 4.81. The van der Waals surface area contributed by atoms with Gasteiger partial charge >= 0.3 is 0 Å². The van der Waals surface area contributed by atoms with E-state index < -0.39 is 0 Å². The topological polar surface area (TPSA) is 52.8 Å². The van der Waals surface area contributed by atoms with Crippen molar-refractivity contribution >= 4 is 17.5 Å². The zero-order chi connectivity index (χ0) is 9.26. The predicted octanol–water partition coefficient (Wildman–Crippen LogP) is 1.34. The summed E-state index contributed by atoms with van der Waals surface area (Å²) < 4.78 is 0. The summed E-state index contributed by atoms with van der Waals surface area (Å²) in [6.45, 7) is 0.220.